The SMILES string of the molecule is COc1ccc(OC)c([C@H]2CCCN2[C@@H](C(N)=O)c2ccccc2)c1. The van der Waals surface area contributed by atoms with Crippen LogP contribution in [-0.2, 0) is 4.79 Å². The quantitative estimate of drug-likeness (QED) is 0.878. The van der Waals surface area contributed by atoms with Gasteiger partial charge in [-0.05, 0) is 43.1 Å². The van der Waals surface area contributed by atoms with E-state index >= 15 is 0 Å². The second-order valence-electron chi connectivity index (χ2n) is 6.22. The summed E-state index contributed by atoms with van der Waals surface area (Å²) in [7, 11) is 3.31. The summed E-state index contributed by atoms with van der Waals surface area (Å²) in [6, 6.07) is 15.1. The van der Waals surface area contributed by atoms with E-state index in [4.69, 9.17) is 15.2 Å². The highest BCUT2D eigenvalue weighted by molar-refractivity contribution is 5.81. The van der Waals surface area contributed by atoms with Crippen LogP contribution in [0.4, 0.5) is 0 Å². The molecular weight excluding hydrogens is 316 g/mol. The second kappa shape index (κ2) is 7.57. The molecule has 0 spiro atoms. The number of methoxy groups -OCH3 is 2. The van der Waals surface area contributed by atoms with E-state index < -0.39 is 6.04 Å². The first-order valence-electron chi connectivity index (χ1n) is 8.47. The van der Waals surface area contributed by atoms with Crippen LogP contribution < -0.4 is 15.2 Å². The van der Waals surface area contributed by atoms with Crippen molar-refractivity contribution in [3.8, 4) is 11.5 Å². The summed E-state index contributed by atoms with van der Waals surface area (Å²) >= 11 is 0. The van der Waals surface area contributed by atoms with E-state index in [1.54, 1.807) is 14.2 Å². The molecule has 1 amide bonds. The predicted molar refractivity (Wildman–Crippen MR) is 96.6 cm³/mol. The summed E-state index contributed by atoms with van der Waals surface area (Å²) in [5.41, 5.74) is 7.73. The highest BCUT2D eigenvalue weighted by Crippen LogP contribution is 2.42. The van der Waals surface area contributed by atoms with E-state index in [-0.39, 0.29) is 11.9 Å². The first kappa shape index (κ1) is 17.3. The fourth-order valence-corrected chi connectivity index (χ4v) is 3.69. The Morgan fingerprint density at radius 1 is 1.16 bits per heavy atom. The topological polar surface area (TPSA) is 64.8 Å². The van der Waals surface area contributed by atoms with Gasteiger partial charge in [0, 0.05) is 11.6 Å². The van der Waals surface area contributed by atoms with Crippen molar-refractivity contribution in [1.29, 1.82) is 0 Å². The molecule has 2 N–H and O–H groups in total. The third-order valence-corrected chi connectivity index (χ3v) is 4.81. The summed E-state index contributed by atoms with van der Waals surface area (Å²) in [5.74, 6) is 1.24. The molecule has 1 fully saturated rings. The van der Waals surface area contributed by atoms with Crippen molar-refractivity contribution in [2.45, 2.75) is 24.9 Å². The van der Waals surface area contributed by atoms with Crippen LogP contribution in [0, 0.1) is 0 Å². The first-order valence-corrected chi connectivity index (χ1v) is 8.47. The van der Waals surface area contributed by atoms with E-state index in [0.717, 1.165) is 42.0 Å². The van der Waals surface area contributed by atoms with Gasteiger partial charge >= 0.3 is 0 Å². The van der Waals surface area contributed by atoms with Crippen molar-refractivity contribution >= 4 is 5.91 Å². The second-order valence-corrected chi connectivity index (χ2v) is 6.22. The molecule has 2 aromatic rings. The highest BCUT2D eigenvalue weighted by Gasteiger charge is 2.37. The molecule has 0 unspecified atom stereocenters. The molecule has 5 heteroatoms. The number of primary amides is 1. The number of nitrogens with zero attached hydrogens (tertiary/aromatic N) is 1. The van der Waals surface area contributed by atoms with Gasteiger partial charge in [-0.2, -0.15) is 0 Å². The fourth-order valence-electron chi connectivity index (χ4n) is 3.69. The smallest absolute Gasteiger partial charge is 0.239 e. The van der Waals surface area contributed by atoms with Gasteiger partial charge in [-0.3, -0.25) is 9.69 Å². The predicted octanol–water partition coefficient (Wildman–Crippen LogP) is 3.07. The van der Waals surface area contributed by atoms with Crippen molar-refractivity contribution in [2.75, 3.05) is 20.8 Å². The molecule has 5 nitrogen and oxygen atoms in total. The van der Waals surface area contributed by atoms with Crippen LogP contribution in [0.1, 0.15) is 36.1 Å². The Hall–Kier alpha value is -2.53. The average molecular weight is 340 g/mol. The first-order chi connectivity index (χ1) is 12.2. The van der Waals surface area contributed by atoms with Crippen LogP contribution in [-0.4, -0.2) is 31.6 Å². The Balaban J connectivity index is 2.01. The lowest BCUT2D eigenvalue weighted by atomic mass is 9.99. The van der Waals surface area contributed by atoms with Crippen LogP contribution >= 0.6 is 0 Å². The molecule has 3 rings (SSSR count). The fraction of sp³-hybridized carbons (Fsp3) is 0.350. The lowest BCUT2D eigenvalue weighted by Gasteiger charge is -2.32. The van der Waals surface area contributed by atoms with Crippen molar-refractivity contribution in [3.05, 3.63) is 59.7 Å². The minimum atomic E-state index is -0.454. The Morgan fingerprint density at radius 3 is 2.56 bits per heavy atom. The van der Waals surface area contributed by atoms with Gasteiger partial charge in [-0.25, -0.2) is 0 Å². The number of nitrogens with two attached hydrogens (primary N) is 1. The largest absolute Gasteiger partial charge is 0.497 e. The highest BCUT2D eigenvalue weighted by atomic mass is 16.5. The number of ether oxygens (including phenoxy) is 2. The van der Waals surface area contributed by atoms with Gasteiger partial charge in [0.2, 0.25) is 5.91 Å². The van der Waals surface area contributed by atoms with Gasteiger partial charge in [0.1, 0.15) is 17.5 Å². The third-order valence-electron chi connectivity index (χ3n) is 4.81. The molecule has 0 aliphatic carbocycles. The van der Waals surface area contributed by atoms with Crippen LogP contribution in [0.25, 0.3) is 0 Å². The Kier molecular flexibility index (Phi) is 5.24. The zero-order valence-corrected chi connectivity index (χ0v) is 14.6. The normalized spacial score (nSPS) is 18.7. The summed E-state index contributed by atoms with van der Waals surface area (Å²) in [5, 5.41) is 0. The molecule has 0 saturated carbocycles. The minimum absolute atomic E-state index is 0.0581. The van der Waals surface area contributed by atoms with Gasteiger partial charge in [-0.15, -0.1) is 0 Å². The van der Waals surface area contributed by atoms with Crippen molar-refractivity contribution in [1.82, 2.24) is 4.90 Å². The molecule has 0 aromatic heterocycles. The molecular formula is C20H24N2O3. The van der Waals surface area contributed by atoms with Gasteiger partial charge in [-0.1, -0.05) is 30.3 Å². The standard InChI is InChI=1S/C20H24N2O3/c1-24-15-10-11-18(25-2)16(13-15)17-9-6-12-22(17)19(20(21)23)14-7-4-3-5-8-14/h3-5,7-8,10-11,13,17,19H,6,9,12H2,1-2H3,(H2,21,23)/t17-,19-/m1/s1. The molecule has 1 aliphatic heterocycles. The van der Waals surface area contributed by atoms with Crippen molar-refractivity contribution in [2.24, 2.45) is 5.73 Å². The molecule has 1 heterocycles. The van der Waals surface area contributed by atoms with Crippen LogP contribution in [0.15, 0.2) is 48.5 Å². The van der Waals surface area contributed by atoms with E-state index in [1.807, 2.05) is 48.5 Å². The molecule has 1 saturated heterocycles. The minimum Gasteiger partial charge on any atom is -0.497 e. The number of hydrogen-bond acceptors (Lipinski definition) is 4. The number of hydrogen-bond donors (Lipinski definition) is 1. The van der Waals surface area contributed by atoms with Gasteiger partial charge in [0.05, 0.1) is 14.2 Å². The van der Waals surface area contributed by atoms with E-state index in [1.165, 1.54) is 0 Å². The van der Waals surface area contributed by atoms with E-state index in [2.05, 4.69) is 4.90 Å². The van der Waals surface area contributed by atoms with E-state index in [0.29, 0.717) is 0 Å². The van der Waals surface area contributed by atoms with Gasteiger partial charge in [0.25, 0.3) is 0 Å². The summed E-state index contributed by atoms with van der Waals surface area (Å²) < 4.78 is 10.9. The molecule has 0 bridgehead atoms. The Bertz CT molecular complexity index is 733. The van der Waals surface area contributed by atoms with Crippen LogP contribution in [0.2, 0.25) is 0 Å². The monoisotopic (exact) mass is 340 g/mol. The molecule has 132 valence electrons. The number of rotatable bonds is 6. The summed E-state index contributed by atoms with van der Waals surface area (Å²) in [6.45, 7) is 0.813. The van der Waals surface area contributed by atoms with Crippen LogP contribution in [0.5, 0.6) is 11.5 Å². The Labute approximate surface area is 148 Å². The molecule has 1 aliphatic rings. The summed E-state index contributed by atoms with van der Waals surface area (Å²) in [6.07, 6.45) is 1.95. The number of carbonyl (C=O) groups is 1. The summed E-state index contributed by atoms with van der Waals surface area (Å²) in [4.78, 5) is 14.4. The maximum absolute atomic E-state index is 12.3. The number of benzene rings is 2. The molecule has 2 aromatic carbocycles. The zero-order chi connectivity index (χ0) is 17.8. The Morgan fingerprint density at radius 2 is 1.92 bits per heavy atom. The van der Waals surface area contributed by atoms with Gasteiger partial charge in [0.15, 0.2) is 0 Å². The molecule has 0 radical (unpaired) electrons. The maximum atomic E-state index is 12.3. The van der Waals surface area contributed by atoms with Crippen molar-refractivity contribution in [3.63, 3.8) is 0 Å². The third kappa shape index (κ3) is 3.46. The molecule has 25 heavy (non-hydrogen) atoms. The van der Waals surface area contributed by atoms with Gasteiger partial charge < -0.3 is 15.2 Å². The maximum Gasteiger partial charge on any atom is 0.239 e. The lowest BCUT2D eigenvalue weighted by molar-refractivity contribution is -0.123. The number of likely N-dealkylation sites (tertiary alicyclic amines) is 1. The number of amides is 1. The molecule has 2 atom stereocenters. The van der Waals surface area contributed by atoms with E-state index in [9.17, 15) is 4.79 Å². The average Bonchev–Trinajstić information content (AvgIpc) is 3.11. The van der Waals surface area contributed by atoms with Crippen molar-refractivity contribution < 1.29 is 14.3 Å². The lowest BCUT2D eigenvalue weighted by Crippen LogP contribution is -2.37. The van der Waals surface area contributed by atoms with Crippen LogP contribution in [0.3, 0.4) is 0 Å². The number of carbonyl (C=O) groups excluding carboxylic acids is 1. The zero-order valence-electron chi connectivity index (χ0n) is 14.6.